The number of likely N-dealkylation sites (N-methyl/N-ethyl adjacent to an activating group) is 1. The second-order valence-electron chi connectivity index (χ2n) is 8.37. The van der Waals surface area contributed by atoms with Gasteiger partial charge in [-0.05, 0) is 26.2 Å². The third-order valence-corrected chi connectivity index (χ3v) is 5.51. The van der Waals surface area contributed by atoms with E-state index in [0.717, 1.165) is 19.3 Å². The Kier molecular flexibility index (Phi) is 16.6. The lowest BCUT2D eigenvalue weighted by Crippen LogP contribution is -2.37. The molecule has 0 saturated heterocycles. The van der Waals surface area contributed by atoms with Gasteiger partial charge in [-0.1, -0.05) is 69.9 Å². The second kappa shape index (κ2) is 16.7. The first-order valence-corrected chi connectivity index (χ1v) is 12.2. The maximum atomic E-state index is 11.6. The number of hydrogen-bond donors (Lipinski definition) is 0. The van der Waals surface area contributed by atoms with E-state index in [0.29, 0.717) is 11.0 Å². The fourth-order valence-electron chi connectivity index (χ4n) is 2.76. The van der Waals surface area contributed by atoms with Crippen molar-refractivity contribution in [1.29, 1.82) is 0 Å². The number of rotatable bonds is 19. The molecule has 0 saturated carbocycles. The minimum absolute atomic E-state index is 0.167. The SMILES string of the molecule is C/C=C\CCCCCCCCCCCCCOP(=O)([O-])OCC[N+](C)(C)C. The molecule has 0 heterocycles. The highest BCUT2D eigenvalue weighted by atomic mass is 31.2. The van der Waals surface area contributed by atoms with E-state index < -0.39 is 7.82 Å². The van der Waals surface area contributed by atoms with Crippen molar-refractivity contribution < 1.29 is 23.0 Å². The standard InChI is InChI=1S/C21H44NO4P/c1-5-6-7-8-9-10-11-12-13-14-15-16-17-18-20-25-27(23,24)26-21-19-22(2,3)4/h5-6H,7-21H2,1-4H3/b6-5-. The van der Waals surface area contributed by atoms with Gasteiger partial charge in [0.2, 0.25) is 0 Å². The fraction of sp³-hybridized carbons (Fsp3) is 0.905. The van der Waals surface area contributed by atoms with Crippen molar-refractivity contribution in [3.63, 3.8) is 0 Å². The number of nitrogens with zero attached hydrogens (tertiary/aromatic N) is 1. The first-order chi connectivity index (χ1) is 12.8. The molecule has 0 rings (SSSR count). The predicted octanol–water partition coefficient (Wildman–Crippen LogP) is 5.45. The Bertz CT molecular complexity index is 407. The molecule has 1 unspecified atom stereocenters. The Morgan fingerprint density at radius 3 is 1.70 bits per heavy atom. The number of hydrogen-bond acceptors (Lipinski definition) is 4. The smallest absolute Gasteiger partial charge is 0.268 e. The molecule has 0 amide bonds. The quantitative estimate of drug-likeness (QED) is 0.124. The van der Waals surface area contributed by atoms with Crippen molar-refractivity contribution in [3.8, 4) is 0 Å². The van der Waals surface area contributed by atoms with Crippen LogP contribution in [0.2, 0.25) is 0 Å². The summed E-state index contributed by atoms with van der Waals surface area (Å²) in [5.74, 6) is 0. The number of phosphoric ester groups is 1. The lowest BCUT2D eigenvalue weighted by Gasteiger charge is -2.27. The number of allylic oxidation sites excluding steroid dienone is 2. The third kappa shape index (κ3) is 22.0. The summed E-state index contributed by atoms with van der Waals surface area (Å²) < 4.78 is 22.1. The van der Waals surface area contributed by atoms with Crippen LogP contribution in [0.25, 0.3) is 0 Å². The van der Waals surface area contributed by atoms with Gasteiger partial charge >= 0.3 is 0 Å². The number of unbranched alkanes of at least 4 members (excludes halogenated alkanes) is 11. The van der Waals surface area contributed by atoms with Crippen molar-refractivity contribution in [1.82, 2.24) is 0 Å². The van der Waals surface area contributed by atoms with Crippen LogP contribution >= 0.6 is 7.82 Å². The molecule has 6 heteroatoms. The van der Waals surface area contributed by atoms with Crippen LogP contribution in [0, 0.1) is 0 Å². The summed E-state index contributed by atoms with van der Waals surface area (Å²) in [5, 5.41) is 0. The van der Waals surface area contributed by atoms with Gasteiger partial charge in [-0.3, -0.25) is 4.57 Å². The Labute approximate surface area is 168 Å². The van der Waals surface area contributed by atoms with Gasteiger partial charge in [-0.25, -0.2) is 0 Å². The first kappa shape index (κ1) is 26.8. The van der Waals surface area contributed by atoms with Gasteiger partial charge in [-0.2, -0.15) is 0 Å². The van der Waals surface area contributed by atoms with E-state index in [1.54, 1.807) is 0 Å². The molecule has 0 bridgehead atoms. The summed E-state index contributed by atoms with van der Waals surface area (Å²) >= 11 is 0. The van der Waals surface area contributed by atoms with Gasteiger partial charge in [0.1, 0.15) is 13.2 Å². The minimum atomic E-state index is -4.13. The topological polar surface area (TPSA) is 58.6 Å². The van der Waals surface area contributed by atoms with Crippen molar-refractivity contribution >= 4 is 7.82 Å². The zero-order valence-electron chi connectivity index (χ0n) is 18.3. The predicted molar refractivity (Wildman–Crippen MR) is 113 cm³/mol. The van der Waals surface area contributed by atoms with Crippen LogP contribution in [0.3, 0.4) is 0 Å². The van der Waals surface area contributed by atoms with Gasteiger partial charge in [-0.15, -0.1) is 0 Å². The van der Waals surface area contributed by atoms with Crippen LogP contribution in [0.4, 0.5) is 0 Å². The monoisotopic (exact) mass is 405 g/mol. The maximum absolute atomic E-state index is 11.6. The Morgan fingerprint density at radius 2 is 1.22 bits per heavy atom. The zero-order chi connectivity index (χ0) is 20.4. The average molecular weight is 406 g/mol. The summed E-state index contributed by atoms with van der Waals surface area (Å²) in [5.41, 5.74) is 0. The molecule has 0 spiro atoms. The summed E-state index contributed by atoms with van der Waals surface area (Å²) in [4.78, 5) is 11.6. The highest BCUT2D eigenvalue weighted by Gasteiger charge is 2.12. The van der Waals surface area contributed by atoms with Crippen LogP contribution in [0.1, 0.15) is 84.0 Å². The molecular weight excluding hydrogens is 361 g/mol. The molecule has 1 atom stereocenters. The lowest BCUT2D eigenvalue weighted by atomic mass is 10.1. The van der Waals surface area contributed by atoms with Crippen molar-refractivity contribution in [3.05, 3.63) is 12.2 Å². The maximum Gasteiger partial charge on any atom is 0.268 e. The molecular formula is C21H44NO4P. The molecule has 0 aromatic rings. The Morgan fingerprint density at radius 1 is 0.778 bits per heavy atom. The number of quaternary nitrogens is 1. The number of phosphoric acid groups is 1. The fourth-order valence-corrected chi connectivity index (χ4v) is 3.49. The van der Waals surface area contributed by atoms with E-state index in [-0.39, 0.29) is 13.2 Å². The summed E-state index contributed by atoms with van der Waals surface area (Å²) in [7, 11) is 1.85. The third-order valence-electron chi connectivity index (χ3n) is 4.51. The van der Waals surface area contributed by atoms with Crippen LogP contribution in [-0.2, 0) is 13.6 Å². The molecule has 0 aromatic heterocycles. The molecule has 0 aliphatic carbocycles. The van der Waals surface area contributed by atoms with E-state index in [1.165, 1.54) is 57.8 Å². The van der Waals surface area contributed by atoms with Crippen LogP contribution in [0.15, 0.2) is 12.2 Å². The molecule has 162 valence electrons. The van der Waals surface area contributed by atoms with Gasteiger partial charge < -0.3 is 18.4 Å². The molecule has 0 fully saturated rings. The van der Waals surface area contributed by atoms with Crippen LogP contribution < -0.4 is 4.89 Å². The molecule has 0 radical (unpaired) electrons. The molecule has 0 aliphatic heterocycles. The largest absolute Gasteiger partial charge is 0.756 e. The van der Waals surface area contributed by atoms with Crippen molar-refractivity contribution in [2.24, 2.45) is 0 Å². The van der Waals surface area contributed by atoms with Crippen molar-refractivity contribution in [2.45, 2.75) is 84.0 Å². The van der Waals surface area contributed by atoms with Crippen molar-refractivity contribution in [2.75, 3.05) is 40.9 Å². The zero-order valence-corrected chi connectivity index (χ0v) is 19.2. The van der Waals surface area contributed by atoms with E-state index in [9.17, 15) is 9.46 Å². The highest BCUT2D eigenvalue weighted by molar-refractivity contribution is 7.45. The average Bonchev–Trinajstić information content (AvgIpc) is 2.57. The summed E-state index contributed by atoms with van der Waals surface area (Å²) in [6.45, 7) is 3.11. The highest BCUT2D eigenvalue weighted by Crippen LogP contribution is 2.38. The lowest BCUT2D eigenvalue weighted by molar-refractivity contribution is -0.870. The Hall–Kier alpha value is -0.190. The Balaban J connectivity index is 3.33. The van der Waals surface area contributed by atoms with Gasteiger partial charge in [0, 0.05) is 0 Å². The minimum Gasteiger partial charge on any atom is -0.756 e. The summed E-state index contributed by atoms with van der Waals surface area (Å²) in [6.07, 6.45) is 19.1. The molecule has 5 nitrogen and oxygen atoms in total. The molecule has 0 aromatic carbocycles. The molecule has 27 heavy (non-hydrogen) atoms. The normalized spacial score (nSPS) is 14.7. The molecule has 0 N–H and O–H groups in total. The summed E-state index contributed by atoms with van der Waals surface area (Å²) in [6, 6.07) is 0. The van der Waals surface area contributed by atoms with E-state index in [4.69, 9.17) is 9.05 Å². The van der Waals surface area contributed by atoms with Gasteiger partial charge in [0.15, 0.2) is 0 Å². The van der Waals surface area contributed by atoms with Gasteiger partial charge in [0.05, 0.1) is 27.7 Å². The van der Waals surface area contributed by atoms with Crippen LogP contribution in [-0.4, -0.2) is 45.4 Å². The van der Waals surface area contributed by atoms with E-state index in [2.05, 4.69) is 19.1 Å². The second-order valence-corrected chi connectivity index (χ2v) is 9.79. The molecule has 0 aliphatic rings. The van der Waals surface area contributed by atoms with E-state index in [1.807, 2.05) is 21.1 Å². The first-order valence-electron chi connectivity index (χ1n) is 10.8. The van der Waals surface area contributed by atoms with Crippen LogP contribution in [0.5, 0.6) is 0 Å². The van der Waals surface area contributed by atoms with Gasteiger partial charge in [0.25, 0.3) is 7.82 Å². The van der Waals surface area contributed by atoms with E-state index >= 15 is 0 Å².